The number of hydrogen-bond acceptors (Lipinski definition) is 5. The van der Waals surface area contributed by atoms with Gasteiger partial charge in [0.15, 0.2) is 0 Å². The average molecular weight is 397 g/mol. The molecule has 2 N–H and O–H groups in total. The van der Waals surface area contributed by atoms with Crippen molar-refractivity contribution in [3.8, 4) is 0 Å². The van der Waals surface area contributed by atoms with E-state index in [2.05, 4.69) is 5.32 Å². The number of piperazine rings is 1. The number of carboxylic acid groups (broad SMARTS) is 1. The van der Waals surface area contributed by atoms with E-state index in [4.69, 9.17) is 5.11 Å². The molecule has 2 rings (SSSR count). The van der Waals surface area contributed by atoms with Crippen LogP contribution in [0.3, 0.4) is 0 Å². The minimum absolute atomic E-state index is 0.0505. The van der Waals surface area contributed by atoms with Crippen molar-refractivity contribution in [2.24, 2.45) is 5.92 Å². The Morgan fingerprint density at radius 2 is 1.67 bits per heavy atom. The maximum absolute atomic E-state index is 12.7. The van der Waals surface area contributed by atoms with E-state index in [9.17, 15) is 18.0 Å². The summed E-state index contributed by atoms with van der Waals surface area (Å²) in [6.07, 6.45) is 0. The van der Waals surface area contributed by atoms with Crippen molar-refractivity contribution in [1.29, 1.82) is 0 Å². The minimum Gasteiger partial charge on any atom is -0.480 e. The summed E-state index contributed by atoms with van der Waals surface area (Å²) in [7, 11) is -3.54. The Kier molecular flexibility index (Phi) is 6.96. The lowest BCUT2D eigenvalue weighted by atomic mass is 10.0. The Balaban J connectivity index is 1.90. The predicted octanol–water partition coefficient (Wildman–Crippen LogP) is 0.527. The van der Waals surface area contributed by atoms with Crippen LogP contribution >= 0.6 is 0 Å². The third-order valence-electron chi connectivity index (χ3n) is 4.61. The van der Waals surface area contributed by atoms with Gasteiger partial charge in [-0.25, -0.2) is 13.2 Å². The maximum atomic E-state index is 12.7. The molecule has 0 unspecified atom stereocenters. The predicted molar refractivity (Wildman–Crippen MR) is 101 cm³/mol. The van der Waals surface area contributed by atoms with Crippen molar-refractivity contribution in [3.63, 3.8) is 0 Å². The summed E-state index contributed by atoms with van der Waals surface area (Å²) in [5.41, 5.74) is 0.992. The fourth-order valence-electron chi connectivity index (χ4n) is 2.92. The number of benzene rings is 1. The summed E-state index contributed by atoms with van der Waals surface area (Å²) in [6.45, 7) is 6.81. The first-order chi connectivity index (χ1) is 12.6. The van der Waals surface area contributed by atoms with Gasteiger partial charge in [0, 0.05) is 26.2 Å². The number of rotatable bonds is 7. The van der Waals surface area contributed by atoms with Crippen LogP contribution in [0, 0.1) is 12.8 Å². The Morgan fingerprint density at radius 1 is 1.11 bits per heavy atom. The van der Waals surface area contributed by atoms with E-state index in [1.807, 2.05) is 11.8 Å². The van der Waals surface area contributed by atoms with E-state index < -0.39 is 22.0 Å². The van der Waals surface area contributed by atoms with Crippen molar-refractivity contribution >= 4 is 21.9 Å². The van der Waals surface area contributed by atoms with Gasteiger partial charge in [-0.1, -0.05) is 31.5 Å². The first kappa shape index (κ1) is 21.3. The lowest BCUT2D eigenvalue weighted by Gasteiger charge is -2.33. The van der Waals surface area contributed by atoms with Gasteiger partial charge in [-0.2, -0.15) is 4.31 Å². The number of carboxylic acids is 1. The lowest BCUT2D eigenvalue weighted by molar-refractivity contribution is -0.143. The van der Waals surface area contributed by atoms with E-state index in [0.29, 0.717) is 13.1 Å². The molecule has 1 fully saturated rings. The molecule has 27 heavy (non-hydrogen) atoms. The Morgan fingerprint density at radius 3 is 2.15 bits per heavy atom. The fourth-order valence-corrected chi connectivity index (χ4v) is 4.35. The number of aryl methyl sites for hydroxylation is 1. The van der Waals surface area contributed by atoms with Crippen LogP contribution in [0.1, 0.15) is 19.4 Å². The van der Waals surface area contributed by atoms with Crippen LogP contribution in [-0.2, 0) is 19.6 Å². The number of amides is 1. The Bertz CT molecular complexity index is 769. The molecule has 1 amide bonds. The number of carbonyl (C=O) groups is 2. The van der Waals surface area contributed by atoms with Gasteiger partial charge in [-0.15, -0.1) is 0 Å². The molecule has 0 saturated carbocycles. The normalized spacial score (nSPS) is 17.6. The van der Waals surface area contributed by atoms with Crippen LogP contribution in [0.2, 0.25) is 0 Å². The zero-order valence-corrected chi connectivity index (χ0v) is 16.7. The molecule has 150 valence electrons. The number of sulfonamides is 1. The molecular formula is C18H27N3O5S. The molecule has 0 aromatic heterocycles. The van der Waals surface area contributed by atoms with E-state index in [-0.39, 0.29) is 36.4 Å². The van der Waals surface area contributed by atoms with Crippen molar-refractivity contribution in [2.45, 2.75) is 31.7 Å². The van der Waals surface area contributed by atoms with Gasteiger partial charge >= 0.3 is 5.97 Å². The summed E-state index contributed by atoms with van der Waals surface area (Å²) in [5.74, 6) is -1.65. The maximum Gasteiger partial charge on any atom is 0.326 e. The molecule has 1 aliphatic heterocycles. The van der Waals surface area contributed by atoms with Gasteiger partial charge in [0.25, 0.3) is 0 Å². The molecule has 1 aromatic carbocycles. The number of nitrogens with one attached hydrogen (secondary N) is 1. The van der Waals surface area contributed by atoms with Gasteiger partial charge in [-0.05, 0) is 25.0 Å². The highest BCUT2D eigenvalue weighted by molar-refractivity contribution is 7.89. The third-order valence-corrected chi connectivity index (χ3v) is 6.52. The molecule has 0 spiro atoms. The number of aliphatic carboxylic acids is 1. The molecule has 1 saturated heterocycles. The molecular weight excluding hydrogens is 370 g/mol. The van der Waals surface area contributed by atoms with E-state index in [1.165, 1.54) is 4.31 Å². The Hall–Kier alpha value is -1.97. The minimum atomic E-state index is -3.54. The van der Waals surface area contributed by atoms with Crippen molar-refractivity contribution in [1.82, 2.24) is 14.5 Å². The van der Waals surface area contributed by atoms with Gasteiger partial charge in [0.1, 0.15) is 6.04 Å². The fraction of sp³-hybridized carbons (Fsp3) is 0.556. The largest absolute Gasteiger partial charge is 0.480 e. The summed E-state index contributed by atoms with van der Waals surface area (Å²) >= 11 is 0. The summed E-state index contributed by atoms with van der Waals surface area (Å²) in [6, 6.07) is 5.80. The smallest absolute Gasteiger partial charge is 0.326 e. The molecule has 1 aromatic rings. The van der Waals surface area contributed by atoms with Crippen LogP contribution in [0.4, 0.5) is 0 Å². The first-order valence-electron chi connectivity index (χ1n) is 8.92. The van der Waals surface area contributed by atoms with Crippen molar-refractivity contribution < 1.29 is 23.1 Å². The lowest BCUT2D eigenvalue weighted by Crippen LogP contribution is -2.53. The van der Waals surface area contributed by atoms with Crippen LogP contribution < -0.4 is 5.32 Å². The monoisotopic (exact) mass is 397 g/mol. The summed E-state index contributed by atoms with van der Waals surface area (Å²) < 4.78 is 26.8. The first-order valence-corrected chi connectivity index (χ1v) is 10.4. The second kappa shape index (κ2) is 8.81. The SMILES string of the molecule is Cc1ccc(S(=O)(=O)N2CCN(CC(=O)N[C@@H](C(=O)O)C(C)C)CC2)cc1. The molecule has 8 nitrogen and oxygen atoms in total. The van der Waals surface area contributed by atoms with Gasteiger partial charge in [0.2, 0.25) is 15.9 Å². The quantitative estimate of drug-likeness (QED) is 0.695. The molecule has 0 radical (unpaired) electrons. The van der Waals surface area contributed by atoms with Crippen LogP contribution in [0.5, 0.6) is 0 Å². The molecule has 9 heteroatoms. The summed E-state index contributed by atoms with van der Waals surface area (Å²) in [5, 5.41) is 11.7. The van der Waals surface area contributed by atoms with Crippen LogP contribution in [0.25, 0.3) is 0 Å². The second-order valence-corrected chi connectivity index (χ2v) is 9.06. The number of hydrogen-bond donors (Lipinski definition) is 2. The van der Waals surface area contributed by atoms with Crippen LogP contribution in [0.15, 0.2) is 29.2 Å². The van der Waals surface area contributed by atoms with Gasteiger partial charge in [0.05, 0.1) is 11.4 Å². The third kappa shape index (κ3) is 5.50. The van der Waals surface area contributed by atoms with Crippen molar-refractivity contribution in [2.75, 3.05) is 32.7 Å². The van der Waals surface area contributed by atoms with E-state index in [0.717, 1.165) is 5.56 Å². The van der Waals surface area contributed by atoms with E-state index in [1.54, 1.807) is 38.1 Å². The Labute approximate surface area is 160 Å². The average Bonchev–Trinajstić information content (AvgIpc) is 2.60. The molecule has 1 aliphatic rings. The highest BCUT2D eigenvalue weighted by Gasteiger charge is 2.30. The zero-order chi connectivity index (χ0) is 20.2. The molecule has 0 bridgehead atoms. The highest BCUT2D eigenvalue weighted by atomic mass is 32.2. The van der Waals surface area contributed by atoms with E-state index >= 15 is 0 Å². The molecule has 1 atom stereocenters. The van der Waals surface area contributed by atoms with Gasteiger partial charge < -0.3 is 10.4 Å². The summed E-state index contributed by atoms with van der Waals surface area (Å²) in [4.78, 5) is 25.4. The number of carbonyl (C=O) groups excluding carboxylic acids is 1. The van der Waals surface area contributed by atoms with Crippen molar-refractivity contribution in [3.05, 3.63) is 29.8 Å². The van der Waals surface area contributed by atoms with Gasteiger partial charge in [-0.3, -0.25) is 9.69 Å². The topological polar surface area (TPSA) is 107 Å². The zero-order valence-electron chi connectivity index (χ0n) is 15.9. The second-order valence-electron chi connectivity index (χ2n) is 7.12. The molecule has 1 heterocycles. The van der Waals surface area contributed by atoms with Crippen LogP contribution in [-0.4, -0.2) is 73.4 Å². The number of nitrogens with zero attached hydrogens (tertiary/aromatic N) is 2. The standard InChI is InChI=1S/C18H27N3O5S/c1-13(2)17(18(23)24)19-16(22)12-20-8-10-21(11-9-20)27(25,26)15-6-4-14(3)5-7-15/h4-7,13,17H,8-12H2,1-3H3,(H,19,22)(H,23,24)/t17-/m1/s1. The molecule has 0 aliphatic carbocycles. The highest BCUT2D eigenvalue weighted by Crippen LogP contribution is 2.18.